The van der Waals surface area contributed by atoms with Crippen LogP contribution in [0.25, 0.3) is 10.2 Å². The molecule has 170 valence electrons. The van der Waals surface area contributed by atoms with Gasteiger partial charge in [0.1, 0.15) is 0 Å². The lowest BCUT2D eigenvalue weighted by atomic mass is 10.1. The zero-order valence-corrected chi connectivity index (χ0v) is 20.5. The topological polar surface area (TPSA) is 81.0 Å². The third kappa shape index (κ3) is 4.30. The van der Waals surface area contributed by atoms with Crippen LogP contribution in [0.4, 0.5) is 0 Å². The third-order valence-corrected chi connectivity index (χ3v) is 8.48. The summed E-state index contributed by atoms with van der Waals surface area (Å²) in [5, 5.41) is 0. The first-order valence-corrected chi connectivity index (χ1v) is 12.7. The Morgan fingerprint density at radius 1 is 1.09 bits per heavy atom. The number of nitrogens with zero attached hydrogens (tertiary/aromatic N) is 3. The standard InChI is InChI=1S/C23H27N3O4S2/c1-14-10-15(2)21-20(11-14)31-23(25(21)5)24-22(27)18-6-8-19(9-7-18)32(28,29)26-12-16(3)30-17(4)13-26/h6-11,16-17H,12-13H2,1-5H3/t16-,17+. The van der Waals surface area contributed by atoms with E-state index in [4.69, 9.17) is 4.74 Å². The summed E-state index contributed by atoms with van der Waals surface area (Å²) in [4.78, 5) is 17.9. The van der Waals surface area contributed by atoms with Crippen LogP contribution >= 0.6 is 11.3 Å². The van der Waals surface area contributed by atoms with Gasteiger partial charge in [-0.1, -0.05) is 17.4 Å². The van der Waals surface area contributed by atoms with Gasteiger partial charge in [0.05, 0.1) is 27.3 Å². The number of aryl methyl sites for hydroxylation is 3. The number of carbonyl (C=O) groups excluding carboxylic acids is 1. The van der Waals surface area contributed by atoms with Crippen molar-refractivity contribution < 1.29 is 17.9 Å². The van der Waals surface area contributed by atoms with Gasteiger partial charge in [0.2, 0.25) is 10.0 Å². The molecule has 0 aliphatic carbocycles. The van der Waals surface area contributed by atoms with Crippen molar-refractivity contribution in [2.24, 2.45) is 12.0 Å². The van der Waals surface area contributed by atoms with Crippen molar-refractivity contribution in [3.05, 3.63) is 57.9 Å². The fraction of sp³-hybridized carbons (Fsp3) is 0.391. The molecule has 4 rings (SSSR count). The molecule has 7 nitrogen and oxygen atoms in total. The van der Waals surface area contributed by atoms with Gasteiger partial charge in [0, 0.05) is 25.7 Å². The van der Waals surface area contributed by atoms with Crippen molar-refractivity contribution in [1.82, 2.24) is 8.87 Å². The first-order valence-electron chi connectivity index (χ1n) is 10.5. The first kappa shape index (κ1) is 22.8. The second kappa shape index (κ2) is 8.55. The molecule has 1 fully saturated rings. The highest BCUT2D eigenvalue weighted by atomic mass is 32.2. The number of amides is 1. The Morgan fingerprint density at radius 3 is 2.34 bits per heavy atom. The lowest BCUT2D eigenvalue weighted by molar-refractivity contribution is -0.0440. The lowest BCUT2D eigenvalue weighted by Gasteiger charge is -2.34. The smallest absolute Gasteiger partial charge is 0.279 e. The van der Waals surface area contributed by atoms with Crippen LogP contribution in [0.1, 0.15) is 35.3 Å². The molecule has 2 aromatic carbocycles. The van der Waals surface area contributed by atoms with E-state index in [1.807, 2.05) is 39.3 Å². The normalized spacial score (nSPS) is 20.7. The molecule has 9 heteroatoms. The van der Waals surface area contributed by atoms with E-state index < -0.39 is 15.9 Å². The Balaban J connectivity index is 1.62. The third-order valence-electron chi connectivity index (χ3n) is 5.56. The van der Waals surface area contributed by atoms with E-state index in [9.17, 15) is 13.2 Å². The SMILES string of the molecule is Cc1cc(C)c2c(c1)sc(=NC(=O)c1ccc(S(=O)(=O)N3C[C@@H](C)O[C@@H](C)C3)cc1)n2C. The van der Waals surface area contributed by atoms with E-state index in [-0.39, 0.29) is 17.1 Å². The molecule has 0 saturated carbocycles. The van der Waals surface area contributed by atoms with Gasteiger partial charge in [0.25, 0.3) is 5.91 Å². The maximum atomic E-state index is 13.0. The zero-order valence-electron chi connectivity index (χ0n) is 18.8. The number of sulfonamides is 1. The van der Waals surface area contributed by atoms with E-state index in [0.29, 0.717) is 23.5 Å². The highest BCUT2D eigenvalue weighted by molar-refractivity contribution is 7.89. The molecule has 0 N–H and O–H groups in total. The van der Waals surface area contributed by atoms with Gasteiger partial charge in [-0.25, -0.2) is 8.42 Å². The fourth-order valence-electron chi connectivity index (χ4n) is 4.19. The van der Waals surface area contributed by atoms with Crippen molar-refractivity contribution >= 4 is 37.5 Å². The van der Waals surface area contributed by atoms with Crippen molar-refractivity contribution in [2.45, 2.75) is 44.8 Å². The van der Waals surface area contributed by atoms with Gasteiger partial charge in [-0.05, 0) is 69.2 Å². The summed E-state index contributed by atoms with van der Waals surface area (Å²) in [5.41, 5.74) is 3.70. The number of ether oxygens (including phenoxy) is 1. The molecule has 0 radical (unpaired) electrons. The number of hydrogen-bond acceptors (Lipinski definition) is 5. The predicted octanol–water partition coefficient (Wildman–Crippen LogP) is 3.40. The van der Waals surface area contributed by atoms with E-state index in [0.717, 1.165) is 21.3 Å². The largest absolute Gasteiger partial charge is 0.373 e. The summed E-state index contributed by atoms with van der Waals surface area (Å²) in [6, 6.07) is 10.2. The van der Waals surface area contributed by atoms with Crippen LogP contribution in [0.5, 0.6) is 0 Å². The van der Waals surface area contributed by atoms with Crippen molar-refractivity contribution in [1.29, 1.82) is 0 Å². The van der Waals surface area contributed by atoms with E-state index in [2.05, 4.69) is 17.1 Å². The Bertz CT molecular complexity index is 1340. The summed E-state index contributed by atoms with van der Waals surface area (Å²) in [7, 11) is -1.76. The Kier molecular flexibility index (Phi) is 6.10. The second-order valence-electron chi connectivity index (χ2n) is 8.39. The van der Waals surface area contributed by atoms with Crippen LogP contribution in [0.3, 0.4) is 0 Å². The van der Waals surface area contributed by atoms with Crippen LogP contribution in [0, 0.1) is 13.8 Å². The van der Waals surface area contributed by atoms with Crippen molar-refractivity contribution in [3.63, 3.8) is 0 Å². The van der Waals surface area contributed by atoms with Gasteiger partial charge >= 0.3 is 0 Å². The number of thiazole rings is 1. The molecule has 1 amide bonds. The van der Waals surface area contributed by atoms with Gasteiger partial charge in [-0.2, -0.15) is 9.30 Å². The highest BCUT2D eigenvalue weighted by Crippen LogP contribution is 2.23. The monoisotopic (exact) mass is 473 g/mol. The van der Waals surface area contributed by atoms with E-state index >= 15 is 0 Å². The number of benzene rings is 2. The summed E-state index contributed by atoms with van der Waals surface area (Å²) in [6.45, 7) is 8.43. The molecule has 1 aliphatic rings. The number of fused-ring (bicyclic) bond motifs is 1. The molecule has 3 aromatic rings. The first-order chi connectivity index (χ1) is 15.1. The van der Waals surface area contributed by atoms with E-state index in [1.54, 1.807) is 0 Å². The summed E-state index contributed by atoms with van der Waals surface area (Å²) in [6.07, 6.45) is -0.328. The van der Waals surface area contributed by atoms with E-state index in [1.165, 1.54) is 39.9 Å². The fourth-order valence-corrected chi connectivity index (χ4v) is 6.97. The molecule has 0 unspecified atom stereocenters. The van der Waals surface area contributed by atoms with Gasteiger partial charge < -0.3 is 9.30 Å². The molecular formula is C23H27N3O4S2. The molecule has 1 aliphatic heterocycles. The number of aromatic nitrogens is 1. The minimum atomic E-state index is -3.65. The van der Waals surface area contributed by atoms with Crippen LogP contribution < -0.4 is 4.80 Å². The maximum absolute atomic E-state index is 13.0. The number of carbonyl (C=O) groups is 1. The Labute approximate surface area is 192 Å². The molecule has 0 bridgehead atoms. The average molecular weight is 474 g/mol. The molecule has 1 saturated heterocycles. The van der Waals surface area contributed by atoms with Crippen LogP contribution in [0.2, 0.25) is 0 Å². The minimum Gasteiger partial charge on any atom is -0.373 e. The zero-order chi connectivity index (χ0) is 23.2. The average Bonchev–Trinajstić information content (AvgIpc) is 3.02. The van der Waals surface area contributed by atoms with Crippen LogP contribution in [-0.4, -0.2) is 48.5 Å². The van der Waals surface area contributed by atoms with Crippen LogP contribution in [-0.2, 0) is 21.8 Å². The number of rotatable bonds is 3. The molecule has 2 heterocycles. The predicted molar refractivity (Wildman–Crippen MR) is 125 cm³/mol. The molecule has 32 heavy (non-hydrogen) atoms. The van der Waals surface area contributed by atoms with Crippen molar-refractivity contribution in [2.75, 3.05) is 13.1 Å². The maximum Gasteiger partial charge on any atom is 0.279 e. The van der Waals surface area contributed by atoms with Crippen molar-refractivity contribution in [3.8, 4) is 0 Å². The summed E-state index contributed by atoms with van der Waals surface area (Å²) in [5.74, 6) is -0.404. The number of morpholine rings is 1. The Morgan fingerprint density at radius 2 is 1.72 bits per heavy atom. The van der Waals surface area contributed by atoms with Gasteiger partial charge in [-0.15, -0.1) is 0 Å². The number of hydrogen-bond donors (Lipinski definition) is 0. The van der Waals surface area contributed by atoms with Gasteiger partial charge in [-0.3, -0.25) is 4.79 Å². The quantitative estimate of drug-likeness (QED) is 0.584. The van der Waals surface area contributed by atoms with Gasteiger partial charge in [0.15, 0.2) is 4.80 Å². The molecule has 2 atom stereocenters. The second-order valence-corrected chi connectivity index (χ2v) is 11.3. The Hall–Kier alpha value is -2.33. The highest BCUT2D eigenvalue weighted by Gasteiger charge is 2.32. The van der Waals surface area contributed by atoms with Crippen LogP contribution in [0.15, 0.2) is 46.3 Å². The lowest BCUT2D eigenvalue weighted by Crippen LogP contribution is -2.48. The molecule has 1 aromatic heterocycles. The summed E-state index contributed by atoms with van der Waals surface area (Å²) >= 11 is 1.46. The molecule has 0 spiro atoms. The minimum absolute atomic E-state index is 0.161. The molecular weight excluding hydrogens is 446 g/mol. The summed E-state index contributed by atoms with van der Waals surface area (Å²) < 4.78 is 36.1.